The molecule has 172 valence electrons. The summed E-state index contributed by atoms with van der Waals surface area (Å²) < 4.78 is 44.0. The Balaban J connectivity index is 1.62. The van der Waals surface area contributed by atoms with Crippen LogP contribution in [0.1, 0.15) is 41.3 Å². The molecule has 0 saturated heterocycles. The Morgan fingerprint density at radius 3 is 2.38 bits per heavy atom. The normalized spacial score (nSPS) is 14.8. The molecule has 6 nitrogen and oxygen atoms in total. The van der Waals surface area contributed by atoms with Gasteiger partial charge < -0.3 is 19.9 Å². The number of halogens is 2. The molecule has 0 amide bonds. The van der Waals surface area contributed by atoms with Crippen molar-refractivity contribution in [2.75, 3.05) is 0 Å². The summed E-state index contributed by atoms with van der Waals surface area (Å²) in [7, 11) is 0. The van der Waals surface area contributed by atoms with E-state index in [-0.39, 0.29) is 29.1 Å². The van der Waals surface area contributed by atoms with Crippen LogP contribution in [-0.4, -0.2) is 12.1 Å². The maximum Gasteiger partial charge on any atom is 0.343 e. The summed E-state index contributed by atoms with van der Waals surface area (Å²) in [6.45, 7) is 3.80. The molecular weight excluding hydrogens is 442 g/mol. The van der Waals surface area contributed by atoms with Crippen molar-refractivity contribution in [3.63, 3.8) is 0 Å². The number of esters is 1. The first-order chi connectivity index (χ1) is 16.3. The Hall–Kier alpha value is -4.38. The van der Waals surface area contributed by atoms with Crippen LogP contribution in [-0.2, 0) is 0 Å². The van der Waals surface area contributed by atoms with Gasteiger partial charge in [0, 0.05) is 11.6 Å². The van der Waals surface area contributed by atoms with E-state index in [1.165, 1.54) is 18.2 Å². The van der Waals surface area contributed by atoms with Gasteiger partial charge in [0.15, 0.2) is 11.6 Å². The Bertz CT molecular complexity index is 1330. The predicted octanol–water partition coefficient (Wildman–Crippen LogP) is 5.19. The molecule has 0 fully saturated rings. The van der Waals surface area contributed by atoms with E-state index < -0.39 is 23.5 Å². The number of hydrogen-bond acceptors (Lipinski definition) is 6. The van der Waals surface area contributed by atoms with Crippen molar-refractivity contribution < 1.29 is 27.8 Å². The van der Waals surface area contributed by atoms with Gasteiger partial charge in [-0.2, -0.15) is 5.26 Å². The van der Waals surface area contributed by atoms with Gasteiger partial charge >= 0.3 is 5.97 Å². The summed E-state index contributed by atoms with van der Waals surface area (Å²) in [4.78, 5) is 12.6. The second-order valence-corrected chi connectivity index (χ2v) is 7.88. The van der Waals surface area contributed by atoms with Gasteiger partial charge in [-0.05, 0) is 61.9 Å². The van der Waals surface area contributed by atoms with E-state index >= 15 is 0 Å². The van der Waals surface area contributed by atoms with E-state index in [9.17, 15) is 18.8 Å². The van der Waals surface area contributed by atoms with Crippen molar-refractivity contribution in [3.05, 3.63) is 100 Å². The molecule has 0 aromatic heterocycles. The summed E-state index contributed by atoms with van der Waals surface area (Å²) in [5, 5.41) is 9.60. The number of nitriles is 1. The zero-order valence-electron chi connectivity index (χ0n) is 18.3. The molecule has 3 aromatic rings. The molecule has 1 aliphatic rings. The Morgan fingerprint density at radius 1 is 1.03 bits per heavy atom. The molecule has 8 heteroatoms. The molecule has 1 heterocycles. The van der Waals surface area contributed by atoms with E-state index in [0.29, 0.717) is 22.4 Å². The highest BCUT2D eigenvalue weighted by molar-refractivity contribution is 5.91. The molecule has 0 saturated carbocycles. The third-order valence-corrected chi connectivity index (χ3v) is 5.14. The largest absolute Gasteiger partial charge is 0.491 e. The fourth-order valence-electron chi connectivity index (χ4n) is 3.64. The summed E-state index contributed by atoms with van der Waals surface area (Å²) >= 11 is 0. The molecule has 0 spiro atoms. The molecule has 2 N–H and O–H groups in total. The van der Waals surface area contributed by atoms with E-state index in [2.05, 4.69) is 0 Å². The monoisotopic (exact) mass is 462 g/mol. The third-order valence-electron chi connectivity index (χ3n) is 5.14. The lowest BCUT2D eigenvalue weighted by Crippen LogP contribution is -2.21. The van der Waals surface area contributed by atoms with Gasteiger partial charge in [0.05, 0.1) is 17.6 Å². The SMILES string of the molecule is CC(C)Oc1ccc(C(=O)Oc2ccc3c(c2)OC(N)=C(C#N)C3c2ccc(F)c(F)c2)cc1. The number of ether oxygens (including phenoxy) is 3. The Morgan fingerprint density at radius 2 is 1.74 bits per heavy atom. The van der Waals surface area contributed by atoms with Crippen LogP contribution in [0.25, 0.3) is 0 Å². The van der Waals surface area contributed by atoms with Gasteiger partial charge in [-0.15, -0.1) is 0 Å². The lowest BCUT2D eigenvalue weighted by Gasteiger charge is -2.26. The molecular formula is C26H20F2N2O4. The maximum absolute atomic E-state index is 13.9. The van der Waals surface area contributed by atoms with Crippen LogP contribution in [0.5, 0.6) is 17.2 Å². The minimum atomic E-state index is -1.04. The number of fused-ring (bicyclic) bond motifs is 1. The van der Waals surface area contributed by atoms with Crippen molar-refractivity contribution >= 4 is 5.97 Å². The number of benzene rings is 3. The highest BCUT2D eigenvalue weighted by atomic mass is 19.2. The second kappa shape index (κ2) is 9.24. The first kappa shape index (κ1) is 22.8. The van der Waals surface area contributed by atoms with Crippen molar-refractivity contribution in [1.29, 1.82) is 5.26 Å². The minimum absolute atomic E-state index is 0.00607. The standard InChI is InChI=1S/C26H20F2N2O4/c1-14(2)32-17-6-3-15(4-7-17)26(31)33-18-8-9-19-23(12-18)34-25(30)20(13-29)24(19)16-5-10-21(27)22(28)11-16/h3-12,14,24H,30H2,1-2H3. The Labute approximate surface area is 194 Å². The number of hydrogen-bond donors (Lipinski definition) is 1. The van der Waals surface area contributed by atoms with E-state index in [1.807, 2.05) is 19.9 Å². The van der Waals surface area contributed by atoms with E-state index in [1.54, 1.807) is 30.3 Å². The van der Waals surface area contributed by atoms with Crippen LogP contribution in [0.15, 0.2) is 72.1 Å². The molecule has 0 radical (unpaired) electrons. The average Bonchev–Trinajstić information content (AvgIpc) is 2.80. The lowest BCUT2D eigenvalue weighted by molar-refractivity contribution is 0.0734. The summed E-state index contributed by atoms with van der Waals surface area (Å²) in [6, 6.07) is 16.5. The Kier molecular flexibility index (Phi) is 6.19. The highest BCUT2D eigenvalue weighted by Gasteiger charge is 2.31. The van der Waals surface area contributed by atoms with Crippen molar-refractivity contribution in [1.82, 2.24) is 0 Å². The van der Waals surface area contributed by atoms with E-state index in [4.69, 9.17) is 19.9 Å². The quantitative estimate of drug-likeness (QED) is 0.414. The highest BCUT2D eigenvalue weighted by Crippen LogP contribution is 2.43. The molecule has 1 aliphatic heterocycles. The van der Waals surface area contributed by atoms with Crippen molar-refractivity contribution in [2.45, 2.75) is 25.9 Å². The topological polar surface area (TPSA) is 94.6 Å². The van der Waals surface area contributed by atoms with Crippen molar-refractivity contribution in [2.24, 2.45) is 5.73 Å². The summed E-state index contributed by atoms with van der Waals surface area (Å²) in [6.07, 6.45) is 0.00607. The van der Waals surface area contributed by atoms with Crippen LogP contribution in [0.3, 0.4) is 0 Å². The average molecular weight is 462 g/mol. The van der Waals surface area contributed by atoms with Crippen LogP contribution in [0, 0.1) is 23.0 Å². The number of allylic oxidation sites excluding steroid dienone is 1. The van der Waals surface area contributed by atoms with Crippen LogP contribution >= 0.6 is 0 Å². The smallest absolute Gasteiger partial charge is 0.343 e. The molecule has 1 unspecified atom stereocenters. The second-order valence-electron chi connectivity index (χ2n) is 7.88. The lowest BCUT2D eigenvalue weighted by atomic mass is 9.83. The zero-order chi connectivity index (χ0) is 24.4. The number of carbonyl (C=O) groups excluding carboxylic acids is 1. The van der Waals surface area contributed by atoms with Gasteiger partial charge in [0.25, 0.3) is 0 Å². The molecule has 0 bridgehead atoms. The molecule has 0 aliphatic carbocycles. The van der Waals surface area contributed by atoms with Gasteiger partial charge in [0.2, 0.25) is 5.88 Å². The van der Waals surface area contributed by atoms with Gasteiger partial charge in [-0.3, -0.25) is 0 Å². The number of nitrogens with two attached hydrogens (primary N) is 1. The van der Waals surface area contributed by atoms with Gasteiger partial charge in [-0.1, -0.05) is 12.1 Å². The number of rotatable bonds is 5. The van der Waals surface area contributed by atoms with Crippen LogP contribution in [0.2, 0.25) is 0 Å². The summed E-state index contributed by atoms with van der Waals surface area (Å²) in [5.41, 5.74) is 7.14. The van der Waals surface area contributed by atoms with Crippen LogP contribution in [0.4, 0.5) is 8.78 Å². The number of nitrogens with zero attached hydrogens (tertiary/aromatic N) is 1. The maximum atomic E-state index is 13.9. The van der Waals surface area contributed by atoms with Gasteiger partial charge in [0.1, 0.15) is 28.9 Å². The van der Waals surface area contributed by atoms with Gasteiger partial charge in [-0.25, -0.2) is 13.6 Å². The first-order valence-corrected chi connectivity index (χ1v) is 10.4. The molecule has 34 heavy (non-hydrogen) atoms. The molecule has 4 rings (SSSR count). The molecule has 3 aromatic carbocycles. The summed E-state index contributed by atoms with van der Waals surface area (Å²) in [5.74, 6) is -2.54. The predicted molar refractivity (Wildman–Crippen MR) is 119 cm³/mol. The van der Waals surface area contributed by atoms with Crippen LogP contribution < -0.4 is 19.9 Å². The van der Waals surface area contributed by atoms with Crippen molar-refractivity contribution in [3.8, 4) is 23.3 Å². The first-order valence-electron chi connectivity index (χ1n) is 10.4. The third kappa shape index (κ3) is 4.55. The minimum Gasteiger partial charge on any atom is -0.491 e. The molecule has 1 atom stereocenters. The zero-order valence-corrected chi connectivity index (χ0v) is 18.3. The van der Waals surface area contributed by atoms with E-state index in [0.717, 1.165) is 12.1 Å². The fraction of sp³-hybridized carbons (Fsp3) is 0.154. The number of carbonyl (C=O) groups is 1. The fourth-order valence-corrected chi connectivity index (χ4v) is 3.64.